The SMILES string of the molecule is CC(C)(C)OC(=O)C1C2CCN1CC(O)C2. The van der Waals surface area contributed by atoms with Gasteiger partial charge in [-0.2, -0.15) is 0 Å². The van der Waals surface area contributed by atoms with E-state index in [-0.39, 0.29) is 24.0 Å². The zero-order valence-corrected chi connectivity index (χ0v) is 10.3. The number of rotatable bonds is 1. The van der Waals surface area contributed by atoms with E-state index >= 15 is 0 Å². The molecular weight excluding hydrogens is 206 g/mol. The van der Waals surface area contributed by atoms with Gasteiger partial charge in [-0.25, -0.2) is 0 Å². The Bertz CT molecular complexity index is 270. The van der Waals surface area contributed by atoms with E-state index in [0.717, 1.165) is 19.4 Å². The molecule has 2 aliphatic rings. The van der Waals surface area contributed by atoms with Crippen LogP contribution in [0.3, 0.4) is 0 Å². The molecule has 0 aromatic carbocycles. The summed E-state index contributed by atoms with van der Waals surface area (Å²) in [7, 11) is 0. The monoisotopic (exact) mass is 227 g/mol. The summed E-state index contributed by atoms with van der Waals surface area (Å²) in [5.41, 5.74) is -0.423. The van der Waals surface area contributed by atoms with E-state index in [1.807, 2.05) is 20.8 Å². The molecule has 2 heterocycles. The zero-order valence-electron chi connectivity index (χ0n) is 10.3. The van der Waals surface area contributed by atoms with Crippen molar-refractivity contribution < 1.29 is 14.6 Å². The first kappa shape index (κ1) is 11.9. The van der Waals surface area contributed by atoms with Crippen LogP contribution in [0.15, 0.2) is 0 Å². The average molecular weight is 227 g/mol. The molecule has 0 aromatic heterocycles. The van der Waals surface area contributed by atoms with Crippen LogP contribution in [0.2, 0.25) is 0 Å². The summed E-state index contributed by atoms with van der Waals surface area (Å²) in [6.07, 6.45) is 1.47. The fourth-order valence-electron chi connectivity index (χ4n) is 2.78. The van der Waals surface area contributed by atoms with E-state index in [2.05, 4.69) is 4.90 Å². The number of carbonyl (C=O) groups is 1. The van der Waals surface area contributed by atoms with Crippen LogP contribution in [0.5, 0.6) is 0 Å². The molecule has 4 nitrogen and oxygen atoms in total. The van der Waals surface area contributed by atoms with Crippen molar-refractivity contribution >= 4 is 5.97 Å². The molecule has 0 aromatic rings. The first-order valence-corrected chi connectivity index (χ1v) is 6.02. The molecule has 4 heteroatoms. The number of hydrogen-bond acceptors (Lipinski definition) is 4. The minimum absolute atomic E-state index is 0.123. The van der Waals surface area contributed by atoms with Crippen molar-refractivity contribution in [1.29, 1.82) is 0 Å². The summed E-state index contributed by atoms with van der Waals surface area (Å²) in [5, 5.41) is 9.63. The fourth-order valence-corrected chi connectivity index (χ4v) is 2.78. The second kappa shape index (κ2) is 4.00. The fraction of sp³-hybridized carbons (Fsp3) is 0.917. The molecule has 2 saturated heterocycles. The third kappa shape index (κ3) is 2.38. The Morgan fingerprint density at radius 3 is 2.69 bits per heavy atom. The van der Waals surface area contributed by atoms with Gasteiger partial charge >= 0.3 is 5.97 Å². The quantitative estimate of drug-likeness (QED) is 0.673. The number of ether oxygens (including phenoxy) is 1. The lowest BCUT2D eigenvalue weighted by atomic mass is 9.90. The molecule has 92 valence electrons. The Balaban J connectivity index is 2.03. The number of piperidine rings is 1. The largest absolute Gasteiger partial charge is 0.459 e. The number of hydrogen-bond donors (Lipinski definition) is 1. The van der Waals surface area contributed by atoms with Crippen LogP contribution < -0.4 is 0 Å². The van der Waals surface area contributed by atoms with Gasteiger partial charge in [0.2, 0.25) is 0 Å². The van der Waals surface area contributed by atoms with Crippen LogP contribution in [-0.2, 0) is 9.53 Å². The molecule has 0 spiro atoms. The minimum atomic E-state index is -0.423. The van der Waals surface area contributed by atoms with Gasteiger partial charge in [0.25, 0.3) is 0 Å². The van der Waals surface area contributed by atoms with Crippen LogP contribution in [0.4, 0.5) is 0 Å². The highest BCUT2D eigenvalue weighted by molar-refractivity contribution is 5.77. The third-order valence-electron chi connectivity index (χ3n) is 3.30. The first-order chi connectivity index (χ1) is 7.37. The van der Waals surface area contributed by atoms with E-state index in [4.69, 9.17) is 4.74 Å². The number of fused-ring (bicyclic) bond motifs is 2. The normalized spacial score (nSPS) is 38.5. The molecule has 16 heavy (non-hydrogen) atoms. The van der Waals surface area contributed by atoms with E-state index in [0.29, 0.717) is 6.54 Å². The van der Waals surface area contributed by atoms with E-state index < -0.39 is 5.60 Å². The smallest absolute Gasteiger partial charge is 0.324 e. The van der Waals surface area contributed by atoms with Crippen molar-refractivity contribution in [2.75, 3.05) is 13.1 Å². The van der Waals surface area contributed by atoms with E-state index in [1.54, 1.807) is 0 Å². The summed E-state index contributed by atoms with van der Waals surface area (Å²) in [5.74, 6) is 0.153. The van der Waals surface area contributed by atoms with E-state index in [9.17, 15) is 9.90 Å². The zero-order chi connectivity index (χ0) is 11.9. The Hall–Kier alpha value is -0.610. The van der Waals surface area contributed by atoms with Crippen LogP contribution in [0.25, 0.3) is 0 Å². The van der Waals surface area contributed by atoms with Gasteiger partial charge in [0.1, 0.15) is 11.6 Å². The highest BCUT2D eigenvalue weighted by Crippen LogP contribution is 2.34. The number of carbonyl (C=O) groups excluding carboxylic acids is 1. The standard InChI is InChI=1S/C12H21NO3/c1-12(2,3)16-11(15)10-8-4-5-13(10)7-9(14)6-8/h8-10,14H,4-7H2,1-3H3. The van der Waals surface area contributed by atoms with Crippen molar-refractivity contribution in [2.45, 2.75) is 51.4 Å². The number of aliphatic hydroxyl groups excluding tert-OH is 1. The van der Waals surface area contributed by atoms with Crippen LogP contribution in [0, 0.1) is 5.92 Å². The van der Waals surface area contributed by atoms with Crippen molar-refractivity contribution in [2.24, 2.45) is 5.92 Å². The predicted octanol–water partition coefficient (Wildman–Crippen LogP) is 0.783. The van der Waals surface area contributed by atoms with Crippen molar-refractivity contribution in [3.63, 3.8) is 0 Å². The van der Waals surface area contributed by atoms with Gasteiger partial charge in [0, 0.05) is 6.54 Å². The van der Waals surface area contributed by atoms with E-state index in [1.165, 1.54) is 0 Å². The molecule has 1 N–H and O–H groups in total. The predicted molar refractivity (Wildman–Crippen MR) is 59.9 cm³/mol. The van der Waals surface area contributed by atoms with Crippen molar-refractivity contribution in [3.05, 3.63) is 0 Å². The van der Waals surface area contributed by atoms with Gasteiger partial charge < -0.3 is 9.84 Å². The lowest BCUT2D eigenvalue weighted by Gasteiger charge is -2.35. The molecule has 0 saturated carbocycles. The number of esters is 1. The molecule has 4 unspecified atom stereocenters. The van der Waals surface area contributed by atoms with Crippen molar-refractivity contribution in [1.82, 2.24) is 4.90 Å². The van der Waals surface area contributed by atoms with Gasteiger partial charge in [-0.05, 0) is 46.1 Å². The first-order valence-electron chi connectivity index (χ1n) is 6.02. The summed E-state index contributed by atoms with van der Waals surface area (Å²) in [4.78, 5) is 14.1. The molecule has 0 aliphatic carbocycles. The lowest BCUT2D eigenvalue weighted by molar-refractivity contribution is -0.164. The van der Waals surface area contributed by atoms with Gasteiger partial charge in [0.15, 0.2) is 0 Å². The Morgan fingerprint density at radius 2 is 2.12 bits per heavy atom. The summed E-state index contributed by atoms with van der Waals surface area (Å²) in [6, 6.07) is -0.123. The molecule has 0 amide bonds. The Morgan fingerprint density at radius 1 is 1.44 bits per heavy atom. The maximum atomic E-state index is 12.0. The van der Waals surface area contributed by atoms with Crippen molar-refractivity contribution in [3.8, 4) is 0 Å². The Kier molecular flexibility index (Phi) is 2.97. The second-order valence-electron chi connectivity index (χ2n) is 5.91. The minimum Gasteiger partial charge on any atom is -0.459 e. The van der Waals surface area contributed by atoms with Crippen LogP contribution >= 0.6 is 0 Å². The van der Waals surface area contributed by atoms with Crippen LogP contribution in [0.1, 0.15) is 33.6 Å². The second-order valence-corrected chi connectivity index (χ2v) is 5.91. The maximum Gasteiger partial charge on any atom is 0.324 e. The molecule has 2 bridgehead atoms. The Labute approximate surface area is 96.6 Å². The highest BCUT2D eigenvalue weighted by Gasteiger charge is 2.46. The molecule has 0 radical (unpaired) electrons. The van der Waals surface area contributed by atoms with Gasteiger partial charge in [-0.3, -0.25) is 9.69 Å². The summed E-state index contributed by atoms with van der Waals surface area (Å²) < 4.78 is 5.43. The van der Waals surface area contributed by atoms with Crippen LogP contribution in [-0.4, -0.2) is 46.8 Å². The molecule has 2 fully saturated rings. The highest BCUT2D eigenvalue weighted by atomic mass is 16.6. The number of nitrogens with zero attached hydrogens (tertiary/aromatic N) is 1. The van der Waals surface area contributed by atoms with Gasteiger partial charge in [0.05, 0.1) is 6.10 Å². The maximum absolute atomic E-state index is 12.0. The molecule has 2 rings (SSSR count). The van der Waals surface area contributed by atoms with Gasteiger partial charge in [-0.1, -0.05) is 0 Å². The number of aliphatic hydroxyl groups is 1. The summed E-state index contributed by atoms with van der Waals surface area (Å²) >= 11 is 0. The lowest BCUT2D eigenvalue weighted by Crippen LogP contribution is -2.50. The molecule has 2 aliphatic heterocycles. The molecule has 4 atom stereocenters. The average Bonchev–Trinajstić information content (AvgIpc) is 2.36. The topological polar surface area (TPSA) is 49.8 Å². The van der Waals surface area contributed by atoms with Gasteiger partial charge in [-0.15, -0.1) is 0 Å². The molecular formula is C12H21NO3. The third-order valence-corrected chi connectivity index (χ3v) is 3.30. The summed E-state index contributed by atoms with van der Waals surface area (Å²) in [6.45, 7) is 7.19.